The normalized spacial score (nSPS) is 12.0. The maximum Gasteiger partial charge on any atom is 0.0700 e. The second kappa shape index (κ2) is 11.0. The third-order valence-corrected chi connectivity index (χ3v) is 3.17. The summed E-state index contributed by atoms with van der Waals surface area (Å²) in [5, 5.41) is 3.53. The Morgan fingerprint density at radius 1 is 0.941 bits per heavy atom. The average Bonchev–Trinajstić information content (AvgIpc) is 2.26. The summed E-state index contributed by atoms with van der Waals surface area (Å²) in [4.78, 5) is 0. The van der Waals surface area contributed by atoms with Gasteiger partial charge >= 0.3 is 0 Å². The molecule has 17 heavy (non-hydrogen) atoms. The molecule has 0 spiro atoms. The van der Waals surface area contributed by atoms with Gasteiger partial charge in [-0.15, -0.1) is 0 Å². The van der Waals surface area contributed by atoms with E-state index < -0.39 is 0 Å². The topological polar surface area (TPSA) is 30.5 Å². The van der Waals surface area contributed by atoms with Crippen LogP contribution >= 0.6 is 0 Å². The lowest BCUT2D eigenvalue weighted by atomic mass is 9.85. The zero-order valence-corrected chi connectivity index (χ0v) is 12.3. The van der Waals surface area contributed by atoms with Gasteiger partial charge in [-0.25, -0.2) is 0 Å². The van der Waals surface area contributed by atoms with Gasteiger partial charge in [0.15, 0.2) is 0 Å². The molecule has 0 atom stereocenters. The van der Waals surface area contributed by atoms with Crippen molar-refractivity contribution >= 4 is 0 Å². The molecule has 0 saturated heterocycles. The van der Waals surface area contributed by atoms with Gasteiger partial charge in [0.2, 0.25) is 0 Å². The summed E-state index contributed by atoms with van der Waals surface area (Å²) < 4.78 is 10.3. The van der Waals surface area contributed by atoms with Crippen molar-refractivity contribution in [2.45, 2.75) is 34.1 Å². The lowest BCUT2D eigenvalue weighted by molar-refractivity contribution is 0.0693. The molecular formula is C14H31NO2. The second-order valence-electron chi connectivity index (χ2n) is 5.31. The van der Waals surface area contributed by atoms with Crippen LogP contribution in [0.3, 0.4) is 0 Å². The Morgan fingerprint density at radius 3 is 2.12 bits per heavy atom. The molecule has 0 aromatic heterocycles. The first kappa shape index (κ1) is 16.9. The van der Waals surface area contributed by atoms with Gasteiger partial charge in [-0.3, -0.25) is 0 Å². The lowest BCUT2D eigenvalue weighted by Gasteiger charge is -2.25. The van der Waals surface area contributed by atoms with Crippen LogP contribution in [0.5, 0.6) is 0 Å². The average molecular weight is 245 g/mol. The summed E-state index contributed by atoms with van der Waals surface area (Å²) >= 11 is 0. The highest BCUT2D eigenvalue weighted by molar-refractivity contribution is 4.69. The molecule has 3 heteroatoms. The van der Waals surface area contributed by atoms with Crippen molar-refractivity contribution in [3.05, 3.63) is 0 Å². The highest BCUT2D eigenvalue weighted by Gasteiger charge is 2.16. The minimum Gasteiger partial charge on any atom is -0.382 e. The minimum atomic E-state index is 0.691. The van der Waals surface area contributed by atoms with Gasteiger partial charge in [0.25, 0.3) is 0 Å². The number of hydrogen-bond acceptors (Lipinski definition) is 3. The molecular weight excluding hydrogens is 214 g/mol. The fourth-order valence-electron chi connectivity index (χ4n) is 2.05. The molecule has 0 rings (SSSR count). The zero-order valence-electron chi connectivity index (χ0n) is 12.3. The fraction of sp³-hybridized carbons (Fsp3) is 1.00. The Balaban J connectivity index is 3.37. The maximum atomic E-state index is 5.41. The van der Waals surface area contributed by atoms with Crippen molar-refractivity contribution in [1.29, 1.82) is 0 Å². The van der Waals surface area contributed by atoms with E-state index in [1.54, 1.807) is 7.11 Å². The summed E-state index contributed by atoms with van der Waals surface area (Å²) in [5.41, 5.74) is 0. The highest BCUT2D eigenvalue weighted by atomic mass is 16.5. The lowest BCUT2D eigenvalue weighted by Crippen LogP contribution is -2.30. The molecule has 0 amide bonds. The monoisotopic (exact) mass is 245 g/mol. The summed E-state index contributed by atoms with van der Waals surface area (Å²) in [6.07, 6.45) is 1.08. The van der Waals surface area contributed by atoms with E-state index in [9.17, 15) is 0 Å². The largest absolute Gasteiger partial charge is 0.382 e. The third kappa shape index (κ3) is 9.57. The first-order valence-corrected chi connectivity index (χ1v) is 6.87. The number of rotatable bonds is 11. The van der Waals surface area contributed by atoms with Crippen molar-refractivity contribution < 1.29 is 9.47 Å². The van der Waals surface area contributed by atoms with Crippen LogP contribution < -0.4 is 5.32 Å². The van der Waals surface area contributed by atoms with Crippen molar-refractivity contribution in [2.75, 3.05) is 40.0 Å². The van der Waals surface area contributed by atoms with Gasteiger partial charge in [-0.05, 0) is 37.3 Å². The molecule has 0 aromatic carbocycles. The van der Waals surface area contributed by atoms with Gasteiger partial charge in [0.05, 0.1) is 13.2 Å². The molecule has 0 radical (unpaired) electrons. The van der Waals surface area contributed by atoms with Crippen molar-refractivity contribution in [1.82, 2.24) is 5.32 Å². The first-order chi connectivity index (χ1) is 8.09. The second-order valence-corrected chi connectivity index (χ2v) is 5.31. The van der Waals surface area contributed by atoms with E-state index >= 15 is 0 Å². The van der Waals surface area contributed by atoms with Crippen LogP contribution in [0.4, 0.5) is 0 Å². The highest BCUT2D eigenvalue weighted by Crippen LogP contribution is 2.19. The summed E-state index contributed by atoms with van der Waals surface area (Å²) in [7, 11) is 1.70. The van der Waals surface area contributed by atoms with Gasteiger partial charge in [0.1, 0.15) is 0 Å². The molecule has 0 aliphatic carbocycles. The zero-order chi connectivity index (χ0) is 13.1. The predicted molar refractivity (Wildman–Crippen MR) is 73.3 cm³/mol. The summed E-state index contributed by atoms with van der Waals surface area (Å²) in [6.45, 7) is 13.6. The molecule has 0 fully saturated rings. The smallest absolute Gasteiger partial charge is 0.0700 e. The molecule has 3 nitrogen and oxygen atoms in total. The van der Waals surface area contributed by atoms with E-state index in [2.05, 4.69) is 33.0 Å². The van der Waals surface area contributed by atoms with Crippen molar-refractivity contribution in [3.8, 4) is 0 Å². The van der Waals surface area contributed by atoms with E-state index in [0.29, 0.717) is 13.2 Å². The number of methoxy groups -OCH3 is 1. The molecule has 1 N–H and O–H groups in total. The van der Waals surface area contributed by atoms with E-state index in [1.165, 1.54) is 0 Å². The number of ether oxygens (including phenoxy) is 2. The summed E-state index contributed by atoms with van der Waals surface area (Å²) in [6, 6.07) is 0. The predicted octanol–water partition coefficient (Wildman–Crippen LogP) is 2.56. The molecule has 0 aliphatic heterocycles. The first-order valence-electron chi connectivity index (χ1n) is 6.87. The van der Waals surface area contributed by atoms with Gasteiger partial charge in [-0.2, -0.15) is 0 Å². The Labute approximate surface area is 107 Å². The number of nitrogens with one attached hydrogen (secondary N) is 1. The maximum absolute atomic E-state index is 5.41. The molecule has 104 valence electrons. The molecule has 0 aliphatic rings. The van der Waals surface area contributed by atoms with E-state index in [-0.39, 0.29) is 0 Å². The standard InChI is InChI=1S/C14H31NO2/c1-12(2)14(13(3)4)11-15-7-6-8-17-10-9-16-5/h12-15H,6-11H2,1-5H3. The molecule has 0 saturated carbocycles. The Morgan fingerprint density at radius 2 is 1.59 bits per heavy atom. The van der Waals surface area contributed by atoms with Gasteiger partial charge < -0.3 is 14.8 Å². The van der Waals surface area contributed by atoms with Crippen LogP contribution in [0.2, 0.25) is 0 Å². The Hall–Kier alpha value is -0.120. The quantitative estimate of drug-likeness (QED) is 0.568. The molecule has 0 heterocycles. The van der Waals surface area contributed by atoms with Crippen LogP contribution in [-0.2, 0) is 9.47 Å². The van der Waals surface area contributed by atoms with Crippen molar-refractivity contribution in [2.24, 2.45) is 17.8 Å². The van der Waals surface area contributed by atoms with Gasteiger partial charge in [0, 0.05) is 13.7 Å². The van der Waals surface area contributed by atoms with Crippen LogP contribution in [-0.4, -0.2) is 40.0 Å². The molecule has 0 aromatic rings. The van der Waals surface area contributed by atoms with E-state index in [1.807, 2.05) is 0 Å². The Kier molecular flexibility index (Phi) is 10.9. The minimum absolute atomic E-state index is 0.691. The SMILES string of the molecule is COCCOCCCNCC(C(C)C)C(C)C. The van der Waals surface area contributed by atoms with Crippen molar-refractivity contribution in [3.63, 3.8) is 0 Å². The van der Waals surface area contributed by atoms with E-state index in [0.717, 1.165) is 43.9 Å². The van der Waals surface area contributed by atoms with Crippen LogP contribution in [0, 0.1) is 17.8 Å². The van der Waals surface area contributed by atoms with Crippen LogP contribution in [0.1, 0.15) is 34.1 Å². The van der Waals surface area contributed by atoms with Crippen LogP contribution in [0.15, 0.2) is 0 Å². The molecule has 0 bridgehead atoms. The third-order valence-electron chi connectivity index (χ3n) is 3.17. The van der Waals surface area contributed by atoms with E-state index in [4.69, 9.17) is 9.47 Å². The number of hydrogen-bond donors (Lipinski definition) is 1. The summed E-state index contributed by atoms with van der Waals surface area (Å²) in [5.74, 6) is 2.27. The fourth-order valence-corrected chi connectivity index (χ4v) is 2.05. The molecule has 0 unspecified atom stereocenters. The van der Waals surface area contributed by atoms with Crippen LogP contribution in [0.25, 0.3) is 0 Å². The van der Waals surface area contributed by atoms with Gasteiger partial charge in [-0.1, -0.05) is 27.7 Å². The Bertz CT molecular complexity index is 152.